The van der Waals surface area contributed by atoms with Crippen molar-refractivity contribution < 1.29 is 13.2 Å². The van der Waals surface area contributed by atoms with E-state index in [4.69, 9.17) is 5.73 Å². The van der Waals surface area contributed by atoms with Crippen LogP contribution in [-0.2, 0) is 0 Å². The Balaban J connectivity index is 4.08. The third kappa shape index (κ3) is 5.74. The lowest BCUT2D eigenvalue weighted by Gasteiger charge is -2.06. The molecule has 0 heterocycles. The molecule has 11 heavy (non-hydrogen) atoms. The molecule has 0 fully saturated rings. The Morgan fingerprint density at radius 3 is 2.00 bits per heavy atom. The van der Waals surface area contributed by atoms with E-state index in [1.165, 1.54) is 0 Å². The van der Waals surface area contributed by atoms with Crippen LogP contribution in [-0.4, -0.2) is 12.2 Å². The average Bonchev–Trinajstić information content (AvgIpc) is 1.80. The summed E-state index contributed by atoms with van der Waals surface area (Å²) in [5.74, 6) is 3.00. The van der Waals surface area contributed by atoms with Crippen LogP contribution in [0.2, 0.25) is 0 Å². The molecule has 0 amide bonds. The van der Waals surface area contributed by atoms with E-state index in [9.17, 15) is 13.2 Å². The van der Waals surface area contributed by atoms with Gasteiger partial charge >= 0.3 is 6.18 Å². The highest BCUT2D eigenvalue weighted by Gasteiger charge is 2.23. The van der Waals surface area contributed by atoms with Crippen LogP contribution in [0.1, 0.15) is 13.8 Å². The quantitative estimate of drug-likeness (QED) is 0.586. The fourth-order valence-electron chi connectivity index (χ4n) is 0.332. The molecule has 1 unspecified atom stereocenters. The predicted molar refractivity (Wildman–Crippen MR) is 36.6 cm³/mol. The van der Waals surface area contributed by atoms with Gasteiger partial charge in [0.15, 0.2) is 0 Å². The summed E-state index contributed by atoms with van der Waals surface area (Å²) in [7, 11) is 0. The van der Waals surface area contributed by atoms with E-state index in [0.717, 1.165) is 5.92 Å². The first-order chi connectivity index (χ1) is 4.83. The van der Waals surface area contributed by atoms with Crippen molar-refractivity contribution in [2.45, 2.75) is 26.1 Å². The number of alkyl halides is 3. The third-order valence-electron chi connectivity index (χ3n) is 1.10. The second-order valence-corrected chi connectivity index (χ2v) is 2.54. The van der Waals surface area contributed by atoms with Crippen molar-refractivity contribution in [1.82, 2.24) is 0 Å². The number of rotatable bonds is 1. The Bertz CT molecular complexity index is 172. The molecule has 0 spiro atoms. The van der Waals surface area contributed by atoms with Gasteiger partial charge in [0.05, 0.1) is 6.04 Å². The summed E-state index contributed by atoms with van der Waals surface area (Å²) in [5.41, 5.74) is 5.25. The number of hydrogen-bond acceptors (Lipinski definition) is 1. The normalized spacial score (nSPS) is 14.1. The van der Waals surface area contributed by atoms with Gasteiger partial charge in [0.25, 0.3) is 0 Å². The van der Waals surface area contributed by atoms with E-state index in [1.54, 1.807) is 13.8 Å². The van der Waals surface area contributed by atoms with Crippen LogP contribution in [0, 0.1) is 17.8 Å². The average molecular weight is 165 g/mol. The Hall–Kier alpha value is -0.690. The molecule has 1 nitrogen and oxygen atoms in total. The van der Waals surface area contributed by atoms with Crippen LogP contribution in [0.25, 0.3) is 0 Å². The Morgan fingerprint density at radius 2 is 1.73 bits per heavy atom. The SMILES string of the molecule is CC(C)C(N)C#CC(F)(F)F. The maximum absolute atomic E-state index is 11.5. The summed E-state index contributed by atoms with van der Waals surface area (Å²) < 4.78 is 34.4. The van der Waals surface area contributed by atoms with Crippen LogP contribution in [0.5, 0.6) is 0 Å². The molecular weight excluding hydrogens is 155 g/mol. The summed E-state index contributed by atoms with van der Waals surface area (Å²) in [5, 5.41) is 0. The van der Waals surface area contributed by atoms with Gasteiger partial charge in [-0.15, -0.1) is 0 Å². The Kier molecular flexibility index (Phi) is 3.40. The Labute approximate surface area is 63.8 Å². The standard InChI is InChI=1S/C7H10F3N/c1-5(2)6(11)3-4-7(8,9)10/h5-6H,11H2,1-2H3. The van der Waals surface area contributed by atoms with Crippen molar-refractivity contribution in [3.8, 4) is 11.8 Å². The molecule has 0 saturated carbocycles. The smallest absolute Gasteiger partial charge is 0.317 e. The van der Waals surface area contributed by atoms with E-state index >= 15 is 0 Å². The molecule has 1 atom stereocenters. The van der Waals surface area contributed by atoms with Gasteiger partial charge in [-0.2, -0.15) is 13.2 Å². The largest absolute Gasteiger partial charge is 0.457 e. The first-order valence-electron chi connectivity index (χ1n) is 3.18. The molecule has 0 bridgehead atoms. The second-order valence-electron chi connectivity index (χ2n) is 2.54. The molecule has 64 valence electrons. The zero-order valence-corrected chi connectivity index (χ0v) is 6.37. The van der Waals surface area contributed by atoms with Gasteiger partial charge < -0.3 is 5.73 Å². The molecule has 0 rings (SSSR count). The van der Waals surface area contributed by atoms with Crippen molar-refractivity contribution in [3.05, 3.63) is 0 Å². The fraction of sp³-hybridized carbons (Fsp3) is 0.714. The van der Waals surface area contributed by atoms with E-state index in [1.807, 2.05) is 5.92 Å². The first-order valence-corrected chi connectivity index (χ1v) is 3.18. The zero-order chi connectivity index (χ0) is 9.07. The zero-order valence-electron chi connectivity index (χ0n) is 6.37. The van der Waals surface area contributed by atoms with Gasteiger partial charge in [-0.05, 0) is 5.92 Å². The summed E-state index contributed by atoms with van der Waals surface area (Å²) in [4.78, 5) is 0. The summed E-state index contributed by atoms with van der Waals surface area (Å²) in [6.45, 7) is 3.44. The lowest BCUT2D eigenvalue weighted by atomic mass is 10.1. The molecule has 0 aromatic rings. The topological polar surface area (TPSA) is 26.0 Å². The van der Waals surface area contributed by atoms with Crippen molar-refractivity contribution >= 4 is 0 Å². The first kappa shape index (κ1) is 10.3. The number of nitrogens with two attached hydrogens (primary N) is 1. The van der Waals surface area contributed by atoms with Crippen molar-refractivity contribution in [2.75, 3.05) is 0 Å². The summed E-state index contributed by atoms with van der Waals surface area (Å²) >= 11 is 0. The minimum Gasteiger partial charge on any atom is -0.317 e. The van der Waals surface area contributed by atoms with E-state index in [0.29, 0.717) is 0 Å². The van der Waals surface area contributed by atoms with Crippen LogP contribution in [0.4, 0.5) is 13.2 Å². The number of halogens is 3. The molecule has 2 N–H and O–H groups in total. The van der Waals surface area contributed by atoms with Gasteiger partial charge in [0.1, 0.15) is 0 Å². The predicted octanol–water partition coefficient (Wildman–Crippen LogP) is 1.54. The molecule has 0 aromatic heterocycles. The molecule has 4 heteroatoms. The third-order valence-corrected chi connectivity index (χ3v) is 1.10. The fourth-order valence-corrected chi connectivity index (χ4v) is 0.332. The lowest BCUT2D eigenvalue weighted by molar-refractivity contribution is -0.0698. The van der Waals surface area contributed by atoms with Crippen LogP contribution < -0.4 is 5.73 Å². The summed E-state index contributed by atoms with van der Waals surface area (Å²) in [6, 6.07) is -0.698. The van der Waals surface area contributed by atoms with Crippen LogP contribution >= 0.6 is 0 Å². The van der Waals surface area contributed by atoms with Crippen LogP contribution in [0.15, 0.2) is 0 Å². The van der Waals surface area contributed by atoms with Crippen molar-refractivity contribution in [2.24, 2.45) is 11.7 Å². The highest BCUT2D eigenvalue weighted by atomic mass is 19.4. The monoisotopic (exact) mass is 165 g/mol. The molecular formula is C7H10F3N. The van der Waals surface area contributed by atoms with Gasteiger partial charge in [-0.3, -0.25) is 0 Å². The van der Waals surface area contributed by atoms with E-state index in [2.05, 4.69) is 0 Å². The minimum absolute atomic E-state index is 0.0511. The van der Waals surface area contributed by atoms with Crippen molar-refractivity contribution in [1.29, 1.82) is 0 Å². The molecule has 0 aliphatic carbocycles. The second kappa shape index (κ2) is 3.63. The highest BCUT2D eigenvalue weighted by molar-refractivity contribution is 5.11. The van der Waals surface area contributed by atoms with Gasteiger partial charge in [0.2, 0.25) is 0 Å². The number of hydrogen-bond donors (Lipinski definition) is 1. The van der Waals surface area contributed by atoms with Crippen LogP contribution in [0.3, 0.4) is 0 Å². The molecule has 0 saturated heterocycles. The molecule has 0 radical (unpaired) electrons. The van der Waals surface area contributed by atoms with Gasteiger partial charge in [-0.25, -0.2) is 0 Å². The Morgan fingerprint density at radius 1 is 1.27 bits per heavy atom. The minimum atomic E-state index is -4.42. The van der Waals surface area contributed by atoms with Gasteiger partial charge in [-0.1, -0.05) is 19.8 Å². The molecule has 0 aliphatic heterocycles. The van der Waals surface area contributed by atoms with E-state index < -0.39 is 12.2 Å². The van der Waals surface area contributed by atoms with Crippen molar-refractivity contribution in [3.63, 3.8) is 0 Å². The summed E-state index contributed by atoms with van der Waals surface area (Å²) in [6.07, 6.45) is -4.42. The van der Waals surface area contributed by atoms with E-state index in [-0.39, 0.29) is 5.92 Å². The van der Waals surface area contributed by atoms with Gasteiger partial charge in [0, 0.05) is 5.92 Å². The highest BCUT2D eigenvalue weighted by Crippen LogP contribution is 2.12. The molecule has 0 aromatic carbocycles. The molecule has 0 aliphatic rings. The maximum Gasteiger partial charge on any atom is 0.457 e. The lowest BCUT2D eigenvalue weighted by Crippen LogP contribution is -2.24. The maximum atomic E-state index is 11.5.